The molecule has 0 N–H and O–H groups in total. The second-order valence-corrected chi connectivity index (χ2v) is 28.4. The minimum Gasteiger partial charge on any atom is -0.382 e. The van der Waals surface area contributed by atoms with Gasteiger partial charge in [0.1, 0.15) is 5.78 Å². The number of Topliss-reactive ketones (excluding diaryl/α,β-unsaturated/α-hetero) is 1. The molecule has 0 aliphatic carbocycles. The van der Waals surface area contributed by atoms with E-state index < -0.39 is 0 Å². The fourth-order valence-corrected chi connectivity index (χ4v) is 9.92. The zero-order chi connectivity index (χ0) is 99.0. The lowest BCUT2D eigenvalue weighted by molar-refractivity contribution is -0.118. The van der Waals surface area contributed by atoms with Crippen molar-refractivity contribution in [1.29, 1.82) is 0 Å². The van der Waals surface area contributed by atoms with Gasteiger partial charge in [0.25, 0.3) is 0 Å². The maximum Gasteiger partial charge on any atom is 0.132 e. The van der Waals surface area contributed by atoms with Gasteiger partial charge in [0.05, 0.1) is 588 Å². The lowest BCUT2D eigenvalue weighted by Crippen LogP contribution is -2.16. The molecular weight excluding hydrogens is 1850 g/mol. The number of ketones is 1. The predicted octanol–water partition coefficient (Wildman–Crippen LogP) is 1.34. The van der Waals surface area contributed by atoms with Crippen LogP contribution in [-0.2, 0) is 218 Å². The normalized spacial score (nSPS) is 11.8. The van der Waals surface area contributed by atoms with Crippen molar-refractivity contribution in [3.05, 3.63) is 0 Å². The molecule has 834 valence electrons. The molecule has 0 heterocycles. The Morgan fingerprint density at radius 1 is 0.0935 bits per heavy atom. The molecule has 0 amide bonds. The summed E-state index contributed by atoms with van der Waals surface area (Å²) in [6, 6.07) is 0. The van der Waals surface area contributed by atoms with Gasteiger partial charge < -0.3 is 213 Å². The van der Waals surface area contributed by atoms with E-state index in [4.69, 9.17) is 213 Å². The minimum absolute atomic E-state index is 0.118. The summed E-state index contributed by atoms with van der Waals surface area (Å²) in [7, 11) is 1.64. The largest absolute Gasteiger partial charge is 0.382 e. The number of ether oxygens (including phenoxy) is 45. The van der Waals surface area contributed by atoms with Crippen molar-refractivity contribution in [2.75, 3.05) is 595 Å². The van der Waals surface area contributed by atoms with E-state index >= 15 is 0 Å². The molecule has 0 aliphatic rings. The highest BCUT2D eigenvalue weighted by atomic mass is 16.7. The van der Waals surface area contributed by atoms with Crippen LogP contribution in [-0.4, -0.2) is 601 Å². The molecule has 0 radical (unpaired) electrons. The predicted molar refractivity (Wildman–Crippen MR) is 503 cm³/mol. The first-order chi connectivity index (χ1) is 69.3. The first-order valence-corrected chi connectivity index (χ1v) is 49.7. The summed E-state index contributed by atoms with van der Waals surface area (Å²) in [5.74, 6) is 0.118. The lowest BCUT2D eigenvalue weighted by Gasteiger charge is -2.09. The maximum atomic E-state index is 10.8. The van der Waals surface area contributed by atoms with Crippen LogP contribution in [0.3, 0.4) is 0 Å². The monoisotopic (exact) mass is 2040 g/mol. The van der Waals surface area contributed by atoms with Crippen LogP contribution in [0.5, 0.6) is 0 Å². The van der Waals surface area contributed by atoms with Crippen LogP contribution in [0.2, 0.25) is 0 Å². The van der Waals surface area contributed by atoms with Crippen molar-refractivity contribution in [1.82, 2.24) is 0 Å². The topological polar surface area (TPSA) is 432 Å². The van der Waals surface area contributed by atoms with E-state index in [1.807, 2.05) is 0 Å². The van der Waals surface area contributed by atoms with E-state index in [1.54, 1.807) is 14.0 Å². The van der Waals surface area contributed by atoms with Crippen LogP contribution in [0.15, 0.2) is 0 Å². The Hall–Kier alpha value is -2.13. The average molecular weight is 2040 g/mol. The summed E-state index contributed by atoms with van der Waals surface area (Å²) >= 11 is 0. The van der Waals surface area contributed by atoms with Gasteiger partial charge in [-0.15, -0.1) is 0 Å². The summed E-state index contributed by atoms with van der Waals surface area (Å²) in [6.45, 7) is 44.4. The third kappa shape index (κ3) is 136. The van der Waals surface area contributed by atoms with Crippen molar-refractivity contribution in [2.24, 2.45) is 0 Å². The minimum atomic E-state index is 0.118. The summed E-state index contributed by atoms with van der Waals surface area (Å²) in [5.41, 5.74) is 0. The second-order valence-electron chi connectivity index (χ2n) is 28.4. The highest BCUT2D eigenvalue weighted by molar-refractivity contribution is 5.75. The number of rotatable bonds is 135. The Labute approximate surface area is 829 Å². The quantitative estimate of drug-likeness (QED) is 0.0775. The summed E-state index contributed by atoms with van der Waals surface area (Å²) in [5, 5.41) is 0. The van der Waals surface area contributed by atoms with Crippen LogP contribution in [0.25, 0.3) is 0 Å². The van der Waals surface area contributed by atoms with Gasteiger partial charge in [-0.2, -0.15) is 0 Å². The third-order valence-electron chi connectivity index (χ3n) is 17.0. The molecule has 0 spiro atoms. The Kier molecular flexibility index (Phi) is 132. The van der Waals surface area contributed by atoms with Crippen LogP contribution in [0.1, 0.15) is 13.3 Å². The molecule has 0 bridgehead atoms. The summed E-state index contributed by atoms with van der Waals surface area (Å²) in [4.78, 5) is 10.8. The Morgan fingerprint density at radius 3 is 0.194 bits per heavy atom. The molecule has 46 nitrogen and oxygen atoms in total. The van der Waals surface area contributed by atoms with Crippen molar-refractivity contribution in [3.8, 4) is 0 Å². The van der Waals surface area contributed by atoms with Gasteiger partial charge in [0.15, 0.2) is 0 Å². The zero-order valence-corrected chi connectivity index (χ0v) is 84.9. The standard InChI is InChI=1S/C93H186O46/c1-93(94)3-4-96-7-8-98-11-12-100-15-16-102-19-20-104-23-24-106-27-28-108-31-32-110-35-36-112-39-40-114-43-44-116-47-48-118-51-52-120-55-56-122-59-60-124-63-64-126-67-68-128-71-72-130-75-76-132-79-80-134-83-84-136-87-88-138-91-92-139-90-89-137-86-85-135-82-81-133-78-77-131-74-73-129-70-69-127-66-65-125-62-61-123-58-57-121-54-53-119-50-49-117-46-45-115-42-41-113-38-37-111-34-33-109-30-29-107-26-25-105-22-21-103-18-17-101-14-13-99-10-9-97-6-5-95-2/h3-92H2,1-2H3. The third-order valence-corrected chi connectivity index (χ3v) is 17.0. The van der Waals surface area contributed by atoms with Crippen molar-refractivity contribution >= 4 is 5.78 Å². The molecule has 0 saturated heterocycles. The van der Waals surface area contributed by atoms with Gasteiger partial charge in [-0.1, -0.05) is 0 Å². The molecule has 0 saturated carbocycles. The Balaban J connectivity index is 3.11. The van der Waals surface area contributed by atoms with Crippen molar-refractivity contribution in [3.63, 3.8) is 0 Å². The number of carbonyl (C=O) groups is 1. The van der Waals surface area contributed by atoms with Gasteiger partial charge in [0, 0.05) is 13.5 Å². The van der Waals surface area contributed by atoms with Gasteiger partial charge in [-0.3, -0.25) is 4.79 Å². The molecule has 0 rings (SSSR count). The number of methoxy groups -OCH3 is 1. The highest BCUT2D eigenvalue weighted by Gasteiger charge is 2.07. The molecule has 46 heteroatoms. The fourth-order valence-electron chi connectivity index (χ4n) is 9.92. The van der Waals surface area contributed by atoms with E-state index in [0.717, 1.165) is 0 Å². The number of hydrogen-bond donors (Lipinski definition) is 0. The molecule has 0 aromatic carbocycles. The lowest BCUT2D eigenvalue weighted by atomic mass is 10.3. The number of carbonyl (C=O) groups excluding carboxylic acids is 1. The first kappa shape index (κ1) is 137. The SMILES string of the molecule is COCCOCCOCCOCCOCCOCCOCCOCCOCCOCCOCCOCCOCCOCCOCCOCCOCCOCCOCCOCCOCCOCCOCCOCCOCCOCCOCCOCCOCCOCCOCCOCCOCCOCCOCCOCCOCCOCCOCCOCCOCCOCCOCCOCCOCCC(C)=O. The zero-order valence-electron chi connectivity index (χ0n) is 84.9. The van der Waals surface area contributed by atoms with Crippen molar-refractivity contribution in [2.45, 2.75) is 13.3 Å². The van der Waals surface area contributed by atoms with E-state index in [2.05, 4.69) is 0 Å². The van der Waals surface area contributed by atoms with Crippen molar-refractivity contribution < 1.29 is 218 Å². The van der Waals surface area contributed by atoms with Gasteiger partial charge >= 0.3 is 0 Å². The van der Waals surface area contributed by atoms with Gasteiger partial charge in [0.2, 0.25) is 0 Å². The van der Waals surface area contributed by atoms with Crippen LogP contribution in [0, 0.1) is 0 Å². The molecule has 0 aliphatic heterocycles. The molecule has 0 aromatic rings. The highest BCUT2D eigenvalue weighted by Crippen LogP contribution is 1.98. The molecule has 0 aromatic heterocycles. The molecule has 139 heavy (non-hydrogen) atoms. The van der Waals surface area contributed by atoms with E-state index in [1.165, 1.54) is 0 Å². The molecule has 0 unspecified atom stereocenters. The van der Waals surface area contributed by atoms with Crippen LogP contribution >= 0.6 is 0 Å². The summed E-state index contributed by atoms with van der Waals surface area (Å²) < 4.78 is 248. The fraction of sp³-hybridized carbons (Fsp3) is 0.989. The molecule has 0 atom stereocenters. The van der Waals surface area contributed by atoms with E-state index in [-0.39, 0.29) is 5.78 Å². The summed E-state index contributed by atoms with van der Waals surface area (Å²) in [6.07, 6.45) is 0.431. The Morgan fingerprint density at radius 2 is 0.144 bits per heavy atom. The smallest absolute Gasteiger partial charge is 0.132 e. The second kappa shape index (κ2) is 134. The van der Waals surface area contributed by atoms with E-state index in [9.17, 15) is 4.79 Å². The first-order valence-electron chi connectivity index (χ1n) is 49.7. The average Bonchev–Trinajstić information content (AvgIpc) is 1.09. The Bertz CT molecular complexity index is 1950. The van der Waals surface area contributed by atoms with Gasteiger partial charge in [-0.05, 0) is 6.92 Å². The van der Waals surface area contributed by atoms with Crippen LogP contribution in [0.4, 0.5) is 0 Å². The van der Waals surface area contributed by atoms with Gasteiger partial charge in [-0.25, -0.2) is 0 Å². The van der Waals surface area contributed by atoms with E-state index in [0.29, 0.717) is 594 Å². The maximum absolute atomic E-state index is 10.8. The molecule has 0 fully saturated rings. The number of hydrogen-bond acceptors (Lipinski definition) is 46. The van der Waals surface area contributed by atoms with Crippen LogP contribution < -0.4 is 0 Å². The molecular formula is C93H186O46.